The molecule has 2 aromatic rings. The SMILES string of the molecule is CCOC(=O)c1noc(-c2cc(OC)ncc2F)c1C. The number of methoxy groups -OCH3 is 1. The number of carbonyl (C=O) groups is 1. The van der Waals surface area contributed by atoms with Crippen LogP contribution in [0.1, 0.15) is 23.0 Å². The first-order valence-electron chi connectivity index (χ1n) is 5.91. The second-order valence-corrected chi connectivity index (χ2v) is 3.91. The Hall–Kier alpha value is -2.44. The number of esters is 1. The first-order valence-corrected chi connectivity index (χ1v) is 5.91. The number of hydrogen-bond acceptors (Lipinski definition) is 6. The maximum absolute atomic E-state index is 13.8. The van der Waals surface area contributed by atoms with Crippen LogP contribution >= 0.6 is 0 Å². The number of hydrogen-bond donors (Lipinski definition) is 0. The van der Waals surface area contributed by atoms with Gasteiger partial charge in [0.2, 0.25) is 5.88 Å². The number of pyridine rings is 1. The molecule has 2 rings (SSSR count). The Bertz CT molecular complexity index is 639. The molecule has 6 nitrogen and oxygen atoms in total. The summed E-state index contributed by atoms with van der Waals surface area (Å²) in [5, 5.41) is 3.63. The Labute approximate surface area is 114 Å². The summed E-state index contributed by atoms with van der Waals surface area (Å²) in [4.78, 5) is 15.4. The van der Waals surface area contributed by atoms with E-state index in [1.165, 1.54) is 13.2 Å². The summed E-state index contributed by atoms with van der Waals surface area (Å²) in [7, 11) is 1.42. The van der Waals surface area contributed by atoms with Gasteiger partial charge in [0.05, 0.1) is 25.5 Å². The van der Waals surface area contributed by atoms with E-state index in [0.717, 1.165) is 6.20 Å². The van der Waals surface area contributed by atoms with Crippen LogP contribution in [0.3, 0.4) is 0 Å². The zero-order valence-electron chi connectivity index (χ0n) is 11.3. The quantitative estimate of drug-likeness (QED) is 0.800. The van der Waals surface area contributed by atoms with Gasteiger partial charge >= 0.3 is 5.97 Å². The van der Waals surface area contributed by atoms with Gasteiger partial charge in [-0.2, -0.15) is 0 Å². The van der Waals surface area contributed by atoms with Gasteiger partial charge in [0.25, 0.3) is 0 Å². The van der Waals surface area contributed by atoms with Gasteiger partial charge in [-0.05, 0) is 13.8 Å². The maximum atomic E-state index is 13.8. The average Bonchev–Trinajstić information content (AvgIpc) is 2.81. The van der Waals surface area contributed by atoms with Gasteiger partial charge in [-0.15, -0.1) is 0 Å². The highest BCUT2D eigenvalue weighted by Crippen LogP contribution is 2.30. The number of nitrogens with zero attached hydrogens (tertiary/aromatic N) is 2. The lowest BCUT2D eigenvalue weighted by molar-refractivity contribution is 0.0514. The fourth-order valence-electron chi connectivity index (χ4n) is 1.68. The highest BCUT2D eigenvalue weighted by Gasteiger charge is 2.23. The van der Waals surface area contributed by atoms with Crippen molar-refractivity contribution in [2.45, 2.75) is 13.8 Å². The van der Waals surface area contributed by atoms with Gasteiger partial charge in [-0.25, -0.2) is 14.2 Å². The van der Waals surface area contributed by atoms with Gasteiger partial charge in [0.1, 0.15) is 0 Å². The topological polar surface area (TPSA) is 74.5 Å². The van der Waals surface area contributed by atoms with Crippen LogP contribution in [0, 0.1) is 12.7 Å². The summed E-state index contributed by atoms with van der Waals surface area (Å²) in [5.74, 6) is -0.831. The zero-order chi connectivity index (χ0) is 14.7. The molecule has 2 aromatic heterocycles. The fraction of sp³-hybridized carbons (Fsp3) is 0.308. The van der Waals surface area contributed by atoms with Crippen LogP contribution < -0.4 is 4.74 Å². The average molecular weight is 280 g/mol. The summed E-state index contributed by atoms with van der Waals surface area (Å²) in [6.45, 7) is 3.50. The summed E-state index contributed by atoms with van der Waals surface area (Å²) < 4.78 is 28.6. The standard InChI is InChI=1S/C13H13FN2O4/c1-4-19-13(17)11-7(2)12(20-16-11)8-5-10(18-3)15-6-9(8)14/h5-6H,4H2,1-3H3. The molecular formula is C13H13FN2O4. The van der Waals surface area contributed by atoms with E-state index in [-0.39, 0.29) is 29.5 Å². The van der Waals surface area contributed by atoms with E-state index in [1.807, 2.05) is 0 Å². The summed E-state index contributed by atoms with van der Waals surface area (Å²) >= 11 is 0. The fourth-order valence-corrected chi connectivity index (χ4v) is 1.68. The van der Waals surface area contributed by atoms with Crippen LogP contribution in [-0.2, 0) is 4.74 Å². The Morgan fingerprint density at radius 3 is 2.90 bits per heavy atom. The van der Waals surface area contributed by atoms with Crippen molar-refractivity contribution in [3.63, 3.8) is 0 Å². The third-order valence-corrected chi connectivity index (χ3v) is 2.68. The lowest BCUT2D eigenvalue weighted by atomic mass is 10.1. The number of aromatic nitrogens is 2. The third-order valence-electron chi connectivity index (χ3n) is 2.68. The molecular weight excluding hydrogens is 267 g/mol. The van der Waals surface area contributed by atoms with Gasteiger partial charge in [-0.3, -0.25) is 0 Å². The predicted octanol–water partition coefficient (Wildman–Crippen LogP) is 2.37. The molecule has 0 aliphatic carbocycles. The van der Waals surface area contributed by atoms with Gasteiger partial charge < -0.3 is 14.0 Å². The minimum atomic E-state index is -0.610. The molecule has 0 aliphatic heterocycles. The van der Waals surface area contributed by atoms with Crippen molar-refractivity contribution in [1.82, 2.24) is 10.1 Å². The summed E-state index contributed by atoms with van der Waals surface area (Å²) in [6, 6.07) is 1.37. The highest BCUT2D eigenvalue weighted by atomic mass is 19.1. The number of halogens is 1. The molecule has 2 heterocycles. The Morgan fingerprint density at radius 1 is 1.50 bits per heavy atom. The minimum absolute atomic E-state index is 0.0250. The molecule has 0 aliphatic rings. The van der Waals surface area contributed by atoms with E-state index in [9.17, 15) is 9.18 Å². The Morgan fingerprint density at radius 2 is 2.25 bits per heavy atom. The molecule has 7 heteroatoms. The molecule has 0 spiro atoms. The van der Waals surface area contributed by atoms with Crippen LogP contribution in [0.25, 0.3) is 11.3 Å². The first-order chi connectivity index (χ1) is 9.58. The van der Waals surface area contributed by atoms with E-state index in [1.54, 1.807) is 13.8 Å². The predicted molar refractivity (Wildman–Crippen MR) is 66.9 cm³/mol. The van der Waals surface area contributed by atoms with Crippen LogP contribution in [0.15, 0.2) is 16.8 Å². The van der Waals surface area contributed by atoms with Crippen molar-refractivity contribution in [2.24, 2.45) is 0 Å². The van der Waals surface area contributed by atoms with Crippen molar-refractivity contribution in [2.75, 3.05) is 13.7 Å². The smallest absolute Gasteiger partial charge is 0.360 e. The summed E-state index contributed by atoms with van der Waals surface area (Å²) in [6.07, 6.45) is 1.01. The number of carbonyl (C=O) groups excluding carboxylic acids is 1. The molecule has 0 N–H and O–H groups in total. The van der Waals surface area contributed by atoms with E-state index in [2.05, 4.69) is 10.1 Å². The monoisotopic (exact) mass is 280 g/mol. The van der Waals surface area contributed by atoms with E-state index < -0.39 is 11.8 Å². The van der Waals surface area contributed by atoms with Crippen LogP contribution in [0.4, 0.5) is 4.39 Å². The molecule has 0 saturated heterocycles. The molecule has 0 fully saturated rings. The van der Waals surface area contributed by atoms with Gasteiger partial charge in [-0.1, -0.05) is 5.16 Å². The zero-order valence-corrected chi connectivity index (χ0v) is 11.3. The Kier molecular flexibility index (Phi) is 3.97. The largest absolute Gasteiger partial charge is 0.481 e. The maximum Gasteiger partial charge on any atom is 0.360 e. The highest BCUT2D eigenvalue weighted by molar-refractivity contribution is 5.90. The van der Waals surface area contributed by atoms with E-state index >= 15 is 0 Å². The van der Waals surface area contributed by atoms with Crippen LogP contribution in [0.5, 0.6) is 5.88 Å². The van der Waals surface area contributed by atoms with E-state index in [4.69, 9.17) is 14.0 Å². The van der Waals surface area contributed by atoms with Crippen molar-refractivity contribution >= 4 is 5.97 Å². The van der Waals surface area contributed by atoms with Gasteiger partial charge in [0.15, 0.2) is 17.3 Å². The number of ether oxygens (including phenoxy) is 2. The van der Waals surface area contributed by atoms with Crippen LogP contribution in [0.2, 0.25) is 0 Å². The Balaban J connectivity index is 2.46. The van der Waals surface area contributed by atoms with Crippen molar-refractivity contribution in [3.05, 3.63) is 29.3 Å². The minimum Gasteiger partial charge on any atom is -0.481 e. The first kappa shape index (κ1) is 14.0. The third kappa shape index (κ3) is 2.47. The molecule has 0 amide bonds. The molecule has 0 aromatic carbocycles. The lowest BCUT2D eigenvalue weighted by Crippen LogP contribution is -2.06. The molecule has 0 saturated carbocycles. The van der Waals surface area contributed by atoms with Crippen molar-refractivity contribution < 1.29 is 23.2 Å². The number of rotatable bonds is 4. The molecule has 0 bridgehead atoms. The second-order valence-electron chi connectivity index (χ2n) is 3.91. The molecule has 0 radical (unpaired) electrons. The van der Waals surface area contributed by atoms with E-state index in [0.29, 0.717) is 5.56 Å². The van der Waals surface area contributed by atoms with Crippen molar-refractivity contribution in [3.8, 4) is 17.2 Å². The molecule has 106 valence electrons. The molecule has 0 atom stereocenters. The normalized spacial score (nSPS) is 10.4. The molecule has 0 unspecified atom stereocenters. The summed E-state index contributed by atoms with van der Waals surface area (Å²) in [5.41, 5.74) is 0.546. The lowest BCUT2D eigenvalue weighted by Gasteiger charge is -2.03. The van der Waals surface area contributed by atoms with Gasteiger partial charge in [0, 0.05) is 11.6 Å². The van der Waals surface area contributed by atoms with Crippen LogP contribution in [-0.4, -0.2) is 29.8 Å². The second kappa shape index (κ2) is 5.68. The molecule has 20 heavy (non-hydrogen) atoms. The van der Waals surface area contributed by atoms with Crippen molar-refractivity contribution in [1.29, 1.82) is 0 Å².